The van der Waals surface area contributed by atoms with Crippen LogP contribution in [0.1, 0.15) is 35.1 Å². The van der Waals surface area contributed by atoms with E-state index in [1.807, 2.05) is 32.9 Å². The molecule has 0 bridgehead atoms. The maximum absolute atomic E-state index is 12.9. The Labute approximate surface area is 172 Å². The minimum absolute atomic E-state index is 0.168. The van der Waals surface area contributed by atoms with Crippen LogP contribution in [0.3, 0.4) is 0 Å². The monoisotopic (exact) mass is 413 g/mol. The summed E-state index contributed by atoms with van der Waals surface area (Å²) >= 11 is 0. The third-order valence-corrected chi connectivity index (χ3v) is 7.10. The third kappa shape index (κ3) is 5.10. The molecule has 2 aromatic rings. The number of aryl methyl sites for hydroxylation is 3. The number of hydrogen-bond donors (Lipinski definition) is 1. The molecule has 6 nitrogen and oxygen atoms in total. The average molecular weight is 414 g/mol. The highest BCUT2D eigenvalue weighted by Gasteiger charge is 2.33. The highest BCUT2D eigenvalue weighted by molar-refractivity contribution is 7.89. The van der Waals surface area contributed by atoms with Gasteiger partial charge >= 0.3 is 0 Å². The van der Waals surface area contributed by atoms with E-state index in [0.717, 1.165) is 16.7 Å². The molecule has 7 heteroatoms. The molecule has 29 heavy (non-hydrogen) atoms. The molecule has 2 aromatic carbocycles. The number of carbonyl (C=O) groups is 1. The van der Waals surface area contributed by atoms with Crippen molar-refractivity contribution in [2.45, 2.75) is 38.5 Å². The van der Waals surface area contributed by atoms with Gasteiger partial charge in [-0.2, -0.15) is 9.41 Å². The van der Waals surface area contributed by atoms with Crippen molar-refractivity contribution in [3.8, 4) is 0 Å². The zero-order valence-corrected chi connectivity index (χ0v) is 17.9. The lowest BCUT2D eigenvalue weighted by Crippen LogP contribution is -2.44. The topological polar surface area (TPSA) is 78.8 Å². The molecule has 1 atom stereocenters. The van der Waals surface area contributed by atoms with E-state index in [0.29, 0.717) is 19.4 Å². The fraction of sp³-hybridized carbons (Fsp3) is 0.364. The first-order valence-electron chi connectivity index (χ1n) is 9.74. The molecular formula is C22H27N3O3S. The van der Waals surface area contributed by atoms with Gasteiger partial charge in [-0.25, -0.2) is 13.8 Å². The maximum Gasteiger partial charge on any atom is 0.244 e. The smallest absolute Gasteiger partial charge is 0.244 e. The van der Waals surface area contributed by atoms with Gasteiger partial charge in [0, 0.05) is 13.1 Å². The minimum Gasteiger partial charge on any atom is -0.273 e. The Kier molecular flexibility index (Phi) is 6.49. The Bertz CT molecular complexity index is 1010. The number of hydrogen-bond acceptors (Lipinski definition) is 4. The Hall–Kier alpha value is -2.51. The van der Waals surface area contributed by atoms with Gasteiger partial charge in [0.2, 0.25) is 15.9 Å². The predicted octanol–water partition coefficient (Wildman–Crippen LogP) is 3.16. The predicted molar refractivity (Wildman–Crippen MR) is 114 cm³/mol. The van der Waals surface area contributed by atoms with Gasteiger partial charge < -0.3 is 0 Å². The Morgan fingerprint density at radius 3 is 2.48 bits per heavy atom. The Morgan fingerprint density at radius 2 is 1.79 bits per heavy atom. The third-order valence-electron chi connectivity index (χ3n) is 5.22. The number of nitrogens with one attached hydrogen (secondary N) is 1. The van der Waals surface area contributed by atoms with Crippen LogP contribution in [0.2, 0.25) is 0 Å². The van der Waals surface area contributed by atoms with Crippen molar-refractivity contribution in [3.05, 3.63) is 64.7 Å². The molecule has 1 N–H and O–H groups in total. The van der Waals surface area contributed by atoms with Gasteiger partial charge in [-0.1, -0.05) is 41.5 Å². The van der Waals surface area contributed by atoms with Gasteiger partial charge in [-0.15, -0.1) is 0 Å². The first kappa shape index (κ1) is 21.2. The van der Waals surface area contributed by atoms with E-state index in [1.165, 1.54) is 9.87 Å². The quantitative estimate of drug-likeness (QED) is 0.604. The Balaban J connectivity index is 1.64. The summed E-state index contributed by atoms with van der Waals surface area (Å²) < 4.78 is 27.2. The first-order valence-corrected chi connectivity index (χ1v) is 11.2. The summed E-state index contributed by atoms with van der Waals surface area (Å²) in [6, 6.07) is 12.8. The van der Waals surface area contributed by atoms with Crippen molar-refractivity contribution in [3.63, 3.8) is 0 Å². The van der Waals surface area contributed by atoms with Crippen LogP contribution in [0.15, 0.2) is 52.5 Å². The lowest BCUT2D eigenvalue weighted by molar-refractivity contribution is -0.126. The van der Waals surface area contributed by atoms with Gasteiger partial charge in [0.15, 0.2) is 0 Å². The molecule has 1 aliphatic rings. The van der Waals surface area contributed by atoms with Crippen LogP contribution in [0.5, 0.6) is 0 Å². The minimum atomic E-state index is -3.60. The highest BCUT2D eigenvalue weighted by Crippen LogP contribution is 2.24. The van der Waals surface area contributed by atoms with E-state index < -0.39 is 15.9 Å². The molecule has 3 rings (SSSR count). The number of amides is 1. The molecular weight excluding hydrogens is 386 g/mol. The number of nitrogens with zero attached hydrogens (tertiary/aromatic N) is 2. The highest BCUT2D eigenvalue weighted by atomic mass is 32.2. The SMILES string of the molecule is Cc1ccc(S(=O)(=O)N2CCC[C@@H](C(=O)N/N=C\c3ccc(C)cc3C)C2)cc1. The van der Waals surface area contributed by atoms with Crippen LogP contribution in [0.4, 0.5) is 0 Å². The van der Waals surface area contributed by atoms with Crippen LogP contribution >= 0.6 is 0 Å². The number of piperidine rings is 1. The Morgan fingerprint density at radius 1 is 1.10 bits per heavy atom. The van der Waals surface area contributed by atoms with Crippen LogP contribution in [0, 0.1) is 26.7 Å². The number of benzene rings is 2. The van der Waals surface area contributed by atoms with E-state index in [4.69, 9.17) is 0 Å². The molecule has 154 valence electrons. The normalized spacial score (nSPS) is 18.1. The van der Waals surface area contributed by atoms with Crippen molar-refractivity contribution >= 4 is 22.1 Å². The van der Waals surface area contributed by atoms with E-state index in [-0.39, 0.29) is 17.3 Å². The molecule has 0 radical (unpaired) electrons. The second-order valence-electron chi connectivity index (χ2n) is 7.61. The van der Waals surface area contributed by atoms with Crippen molar-refractivity contribution in [1.29, 1.82) is 0 Å². The molecule has 1 saturated heterocycles. The van der Waals surface area contributed by atoms with E-state index in [1.54, 1.807) is 30.5 Å². The fourth-order valence-electron chi connectivity index (χ4n) is 3.46. The summed E-state index contributed by atoms with van der Waals surface area (Å²) in [5.41, 5.74) is 6.75. The zero-order valence-electron chi connectivity index (χ0n) is 17.1. The summed E-state index contributed by atoms with van der Waals surface area (Å²) in [6.45, 7) is 6.52. The van der Waals surface area contributed by atoms with Crippen molar-refractivity contribution < 1.29 is 13.2 Å². The van der Waals surface area contributed by atoms with Gasteiger partial charge in [-0.05, 0) is 56.9 Å². The summed E-state index contributed by atoms with van der Waals surface area (Å²) in [4.78, 5) is 12.8. The second kappa shape index (κ2) is 8.88. The molecule has 0 aliphatic carbocycles. The largest absolute Gasteiger partial charge is 0.273 e. The molecule has 1 fully saturated rings. The van der Waals surface area contributed by atoms with E-state index in [9.17, 15) is 13.2 Å². The van der Waals surface area contributed by atoms with Crippen molar-refractivity contribution in [2.75, 3.05) is 13.1 Å². The van der Waals surface area contributed by atoms with Crippen molar-refractivity contribution in [1.82, 2.24) is 9.73 Å². The van der Waals surface area contributed by atoms with Crippen LogP contribution in [0.25, 0.3) is 0 Å². The fourth-order valence-corrected chi connectivity index (χ4v) is 4.99. The number of hydrazone groups is 1. The molecule has 0 spiro atoms. The standard InChI is InChI=1S/C22H27N3O3S/c1-16-7-10-21(11-8-16)29(27,28)25-12-4-5-20(15-25)22(26)24-23-14-19-9-6-17(2)13-18(19)3/h6-11,13-14,20H,4-5,12,15H2,1-3H3,(H,24,26)/b23-14-/t20-/m1/s1. The zero-order chi connectivity index (χ0) is 21.0. The van der Waals surface area contributed by atoms with Crippen LogP contribution < -0.4 is 5.43 Å². The lowest BCUT2D eigenvalue weighted by atomic mass is 9.99. The number of sulfonamides is 1. The molecule has 0 saturated carbocycles. The van der Waals surface area contributed by atoms with Gasteiger partial charge in [0.05, 0.1) is 17.0 Å². The summed E-state index contributed by atoms with van der Waals surface area (Å²) in [6.07, 6.45) is 2.91. The van der Waals surface area contributed by atoms with Gasteiger partial charge in [0.25, 0.3) is 0 Å². The number of rotatable bonds is 5. The summed E-state index contributed by atoms with van der Waals surface area (Å²) in [5, 5.41) is 4.07. The summed E-state index contributed by atoms with van der Waals surface area (Å²) in [5.74, 6) is -0.671. The molecule has 1 aliphatic heterocycles. The lowest BCUT2D eigenvalue weighted by Gasteiger charge is -2.30. The van der Waals surface area contributed by atoms with E-state index in [2.05, 4.69) is 16.6 Å². The van der Waals surface area contributed by atoms with Crippen molar-refractivity contribution in [2.24, 2.45) is 11.0 Å². The molecule has 1 amide bonds. The van der Waals surface area contributed by atoms with Gasteiger partial charge in [0.1, 0.15) is 0 Å². The molecule has 0 unspecified atom stereocenters. The molecule has 0 aromatic heterocycles. The maximum atomic E-state index is 12.9. The second-order valence-corrected chi connectivity index (χ2v) is 9.55. The molecule has 1 heterocycles. The first-order chi connectivity index (χ1) is 13.8. The average Bonchev–Trinajstić information content (AvgIpc) is 2.70. The van der Waals surface area contributed by atoms with Crippen LogP contribution in [-0.2, 0) is 14.8 Å². The number of carbonyl (C=O) groups excluding carboxylic acids is 1. The summed E-state index contributed by atoms with van der Waals surface area (Å²) in [7, 11) is -3.60. The van der Waals surface area contributed by atoms with E-state index >= 15 is 0 Å². The van der Waals surface area contributed by atoms with Gasteiger partial charge in [-0.3, -0.25) is 4.79 Å². The van der Waals surface area contributed by atoms with Crippen LogP contribution in [-0.4, -0.2) is 37.9 Å².